The molecule has 1 aliphatic rings. The van der Waals surface area contributed by atoms with Gasteiger partial charge >= 0.3 is 5.97 Å². The normalized spacial score (nSPS) is 14.6. The number of benzene rings is 1. The molecule has 10 nitrogen and oxygen atoms in total. The van der Waals surface area contributed by atoms with Crippen LogP contribution in [0.15, 0.2) is 18.2 Å². The minimum atomic E-state index is -0.422. The van der Waals surface area contributed by atoms with Crippen LogP contribution in [-0.4, -0.2) is 66.4 Å². The number of ether oxygens (including phenoxy) is 1. The Kier molecular flexibility index (Phi) is 10.2. The molecule has 1 aromatic rings. The standard InChI is InChI=1S/C25H39N5O5/c1-14(2)22(28-16(5)6)23(32)27-10-21(31)29-19-8-7-17(13-35-25(34)15(3)4)20(9-19)24(33)30-11-18(26)12-30/h7-9,14-16,18,22,28H,10-13,26H2,1-6H3,(H,27,32)(H,29,31). The summed E-state index contributed by atoms with van der Waals surface area (Å²) in [5.74, 6) is -1.52. The number of nitrogens with two attached hydrogens (primary N) is 1. The monoisotopic (exact) mass is 489 g/mol. The minimum absolute atomic E-state index is 0.0539. The number of likely N-dealkylation sites (tertiary alicyclic amines) is 1. The van der Waals surface area contributed by atoms with Gasteiger partial charge in [-0.1, -0.05) is 47.6 Å². The molecule has 0 saturated carbocycles. The molecule has 1 unspecified atom stereocenters. The van der Waals surface area contributed by atoms with Gasteiger partial charge in [-0.25, -0.2) is 0 Å². The molecular formula is C25H39N5O5. The fraction of sp³-hybridized carbons (Fsp3) is 0.600. The molecule has 0 bridgehead atoms. The van der Waals surface area contributed by atoms with Crippen molar-refractivity contribution < 1.29 is 23.9 Å². The van der Waals surface area contributed by atoms with Gasteiger partial charge in [0.25, 0.3) is 5.91 Å². The third-order valence-corrected chi connectivity index (χ3v) is 5.55. The lowest BCUT2D eigenvalue weighted by Gasteiger charge is -2.37. The number of nitrogens with zero attached hydrogens (tertiary/aromatic N) is 1. The third-order valence-electron chi connectivity index (χ3n) is 5.55. The summed E-state index contributed by atoms with van der Waals surface area (Å²) in [6.07, 6.45) is 0. The van der Waals surface area contributed by atoms with Gasteiger partial charge in [-0.15, -0.1) is 0 Å². The zero-order valence-corrected chi connectivity index (χ0v) is 21.5. The van der Waals surface area contributed by atoms with Crippen LogP contribution in [0.1, 0.15) is 57.5 Å². The largest absolute Gasteiger partial charge is 0.461 e. The molecule has 0 aromatic heterocycles. The van der Waals surface area contributed by atoms with E-state index in [0.29, 0.717) is 29.9 Å². The molecule has 1 aliphatic heterocycles. The molecule has 1 atom stereocenters. The molecule has 10 heteroatoms. The summed E-state index contributed by atoms with van der Waals surface area (Å²) in [5, 5.41) is 8.58. The highest BCUT2D eigenvalue weighted by molar-refractivity contribution is 6.00. The molecule has 2 rings (SSSR count). The quantitative estimate of drug-likeness (QED) is 0.343. The lowest BCUT2D eigenvalue weighted by molar-refractivity contribution is -0.148. The van der Waals surface area contributed by atoms with Crippen LogP contribution < -0.4 is 21.7 Å². The van der Waals surface area contributed by atoms with E-state index in [1.54, 1.807) is 36.9 Å². The second-order valence-electron chi connectivity index (χ2n) is 9.91. The van der Waals surface area contributed by atoms with Crippen LogP contribution >= 0.6 is 0 Å². The maximum Gasteiger partial charge on any atom is 0.308 e. The van der Waals surface area contributed by atoms with E-state index < -0.39 is 11.9 Å². The highest BCUT2D eigenvalue weighted by atomic mass is 16.5. The Morgan fingerprint density at radius 3 is 2.29 bits per heavy atom. The molecule has 0 spiro atoms. The summed E-state index contributed by atoms with van der Waals surface area (Å²) in [6, 6.07) is 4.49. The highest BCUT2D eigenvalue weighted by Gasteiger charge is 2.30. The van der Waals surface area contributed by atoms with E-state index in [4.69, 9.17) is 10.5 Å². The van der Waals surface area contributed by atoms with Crippen molar-refractivity contribution >= 4 is 29.4 Å². The molecule has 1 fully saturated rings. The van der Waals surface area contributed by atoms with E-state index in [9.17, 15) is 19.2 Å². The zero-order chi connectivity index (χ0) is 26.3. The van der Waals surface area contributed by atoms with Crippen LogP contribution in [0.3, 0.4) is 0 Å². The molecule has 3 amide bonds. The molecule has 5 N–H and O–H groups in total. The topological polar surface area (TPSA) is 143 Å². The molecule has 0 radical (unpaired) electrons. The number of esters is 1. The smallest absolute Gasteiger partial charge is 0.308 e. The predicted octanol–water partition coefficient (Wildman–Crippen LogP) is 1.25. The minimum Gasteiger partial charge on any atom is -0.461 e. The Balaban J connectivity index is 2.08. The fourth-order valence-corrected chi connectivity index (χ4v) is 3.56. The van der Waals surface area contributed by atoms with Gasteiger partial charge in [0.05, 0.1) is 18.5 Å². The van der Waals surface area contributed by atoms with Gasteiger partial charge in [-0.05, 0) is 18.1 Å². The number of hydrogen-bond acceptors (Lipinski definition) is 7. The molecule has 35 heavy (non-hydrogen) atoms. The first-order chi connectivity index (χ1) is 16.4. The van der Waals surface area contributed by atoms with Crippen molar-refractivity contribution in [3.63, 3.8) is 0 Å². The first-order valence-electron chi connectivity index (χ1n) is 12.1. The lowest BCUT2D eigenvalue weighted by Crippen LogP contribution is -2.57. The van der Waals surface area contributed by atoms with Crippen LogP contribution in [0.4, 0.5) is 5.69 Å². The van der Waals surface area contributed by atoms with Crippen LogP contribution in [0.25, 0.3) is 0 Å². The van der Waals surface area contributed by atoms with Gasteiger partial charge in [0.1, 0.15) is 6.61 Å². The fourth-order valence-electron chi connectivity index (χ4n) is 3.56. The maximum atomic E-state index is 13.0. The molecular weight excluding hydrogens is 450 g/mol. The number of amides is 3. The number of hydrogen-bond donors (Lipinski definition) is 4. The molecule has 1 saturated heterocycles. The molecule has 0 aliphatic carbocycles. The SMILES string of the molecule is CC(C)NC(C(=O)NCC(=O)Nc1ccc(COC(=O)C(C)C)c(C(=O)N2CC(N)C2)c1)C(C)C. The summed E-state index contributed by atoms with van der Waals surface area (Å²) < 4.78 is 5.31. The third kappa shape index (κ3) is 8.32. The maximum absolute atomic E-state index is 13.0. The van der Waals surface area contributed by atoms with Crippen molar-refractivity contribution in [1.82, 2.24) is 15.5 Å². The first kappa shape index (κ1) is 28.3. The Bertz CT molecular complexity index is 925. The summed E-state index contributed by atoms with van der Waals surface area (Å²) in [7, 11) is 0. The van der Waals surface area contributed by atoms with Gasteiger partial charge < -0.3 is 31.3 Å². The van der Waals surface area contributed by atoms with E-state index >= 15 is 0 Å². The number of rotatable bonds is 11. The number of carbonyl (C=O) groups is 4. The van der Waals surface area contributed by atoms with Crippen LogP contribution in [-0.2, 0) is 25.7 Å². The second-order valence-corrected chi connectivity index (χ2v) is 9.91. The van der Waals surface area contributed by atoms with Crippen molar-refractivity contribution in [2.24, 2.45) is 17.6 Å². The molecule has 194 valence electrons. The summed E-state index contributed by atoms with van der Waals surface area (Å²) in [5.41, 5.74) is 7.08. The summed E-state index contributed by atoms with van der Waals surface area (Å²) in [6.45, 7) is 11.9. The van der Waals surface area contributed by atoms with E-state index in [1.165, 1.54) is 0 Å². The zero-order valence-electron chi connectivity index (χ0n) is 21.5. The van der Waals surface area contributed by atoms with Crippen molar-refractivity contribution in [2.75, 3.05) is 25.0 Å². The van der Waals surface area contributed by atoms with Crippen molar-refractivity contribution in [2.45, 2.75) is 66.3 Å². The van der Waals surface area contributed by atoms with Crippen molar-refractivity contribution in [1.29, 1.82) is 0 Å². The average molecular weight is 490 g/mol. The van der Waals surface area contributed by atoms with Gasteiger partial charge in [0.2, 0.25) is 11.8 Å². The van der Waals surface area contributed by atoms with E-state index in [1.807, 2.05) is 27.7 Å². The summed E-state index contributed by atoms with van der Waals surface area (Å²) in [4.78, 5) is 51.5. The predicted molar refractivity (Wildman–Crippen MR) is 133 cm³/mol. The molecule has 1 aromatic carbocycles. The van der Waals surface area contributed by atoms with E-state index in [0.717, 1.165) is 0 Å². The van der Waals surface area contributed by atoms with Crippen molar-refractivity contribution in [3.8, 4) is 0 Å². The van der Waals surface area contributed by atoms with E-state index in [-0.39, 0.29) is 54.9 Å². The van der Waals surface area contributed by atoms with Gasteiger partial charge in [-0.3, -0.25) is 19.2 Å². The number of nitrogens with one attached hydrogen (secondary N) is 3. The van der Waals surface area contributed by atoms with Crippen LogP contribution in [0.5, 0.6) is 0 Å². The van der Waals surface area contributed by atoms with Crippen molar-refractivity contribution in [3.05, 3.63) is 29.3 Å². The van der Waals surface area contributed by atoms with Gasteiger partial charge in [0.15, 0.2) is 0 Å². The Morgan fingerprint density at radius 2 is 1.74 bits per heavy atom. The van der Waals surface area contributed by atoms with Crippen LogP contribution in [0.2, 0.25) is 0 Å². The highest BCUT2D eigenvalue weighted by Crippen LogP contribution is 2.22. The summed E-state index contributed by atoms with van der Waals surface area (Å²) >= 11 is 0. The Labute approximate surface area is 207 Å². The Hall–Kier alpha value is -2.98. The first-order valence-corrected chi connectivity index (χ1v) is 12.1. The molecule has 1 heterocycles. The van der Waals surface area contributed by atoms with Crippen LogP contribution in [0, 0.1) is 11.8 Å². The lowest BCUT2D eigenvalue weighted by atomic mass is 10.0. The van der Waals surface area contributed by atoms with E-state index in [2.05, 4.69) is 16.0 Å². The number of carbonyl (C=O) groups excluding carboxylic acids is 4. The Morgan fingerprint density at radius 1 is 1.09 bits per heavy atom. The average Bonchev–Trinajstić information content (AvgIpc) is 2.76. The van der Waals surface area contributed by atoms with Gasteiger partial charge in [0, 0.05) is 42.0 Å². The number of anilines is 1. The van der Waals surface area contributed by atoms with Gasteiger partial charge in [-0.2, -0.15) is 0 Å². The second kappa shape index (κ2) is 12.6.